The molecular formula is C14H29N5O. The highest BCUT2D eigenvalue weighted by Crippen LogP contribution is 2.16. The average Bonchev–Trinajstić information content (AvgIpc) is 2.90. The van der Waals surface area contributed by atoms with Gasteiger partial charge in [-0.05, 0) is 32.4 Å². The molecule has 1 unspecified atom stereocenters. The molecule has 1 amide bonds. The third-order valence-corrected chi connectivity index (χ3v) is 3.61. The Hall–Kier alpha value is -1.30. The smallest absolute Gasteiger partial charge is 0.221 e. The number of nitrogens with zero attached hydrogens (tertiary/aromatic N) is 2. The molecule has 116 valence electrons. The molecule has 0 spiro atoms. The number of amides is 1. The minimum atomic E-state index is 0.0556. The summed E-state index contributed by atoms with van der Waals surface area (Å²) in [5.41, 5.74) is 5.81. The van der Waals surface area contributed by atoms with E-state index in [0.29, 0.717) is 25.0 Å². The largest absolute Gasteiger partial charge is 0.370 e. The second kappa shape index (κ2) is 9.58. The van der Waals surface area contributed by atoms with Crippen LogP contribution in [0.3, 0.4) is 0 Å². The summed E-state index contributed by atoms with van der Waals surface area (Å²) in [7, 11) is 0. The van der Waals surface area contributed by atoms with E-state index in [1.807, 2.05) is 6.92 Å². The Morgan fingerprint density at radius 2 is 2.15 bits per heavy atom. The van der Waals surface area contributed by atoms with Gasteiger partial charge < -0.3 is 16.4 Å². The Morgan fingerprint density at radius 1 is 1.35 bits per heavy atom. The fourth-order valence-electron chi connectivity index (χ4n) is 2.43. The minimum Gasteiger partial charge on any atom is -0.370 e. The van der Waals surface area contributed by atoms with Crippen molar-refractivity contribution in [1.82, 2.24) is 15.5 Å². The Bertz CT molecular complexity index is 319. The van der Waals surface area contributed by atoms with Crippen molar-refractivity contribution in [2.45, 2.75) is 45.6 Å². The van der Waals surface area contributed by atoms with Crippen LogP contribution in [-0.2, 0) is 4.79 Å². The van der Waals surface area contributed by atoms with Crippen LogP contribution in [0.4, 0.5) is 0 Å². The van der Waals surface area contributed by atoms with Crippen LogP contribution in [0.1, 0.15) is 39.5 Å². The van der Waals surface area contributed by atoms with E-state index >= 15 is 0 Å². The van der Waals surface area contributed by atoms with E-state index in [-0.39, 0.29) is 5.91 Å². The van der Waals surface area contributed by atoms with E-state index in [1.54, 1.807) is 0 Å². The maximum atomic E-state index is 11.4. The Labute approximate surface area is 122 Å². The molecule has 1 aliphatic rings. The molecule has 1 heterocycles. The third-order valence-electron chi connectivity index (χ3n) is 3.61. The average molecular weight is 283 g/mol. The number of nitrogens with one attached hydrogen (secondary N) is 2. The third kappa shape index (κ3) is 6.23. The number of aliphatic imine (C=N–C) groups is 1. The van der Waals surface area contributed by atoms with Crippen molar-refractivity contribution in [2.75, 3.05) is 32.7 Å². The Morgan fingerprint density at radius 3 is 2.85 bits per heavy atom. The number of likely N-dealkylation sites (N-methyl/N-ethyl adjacent to an activating group) is 1. The van der Waals surface area contributed by atoms with E-state index in [9.17, 15) is 4.79 Å². The molecule has 0 bridgehead atoms. The zero-order chi connectivity index (χ0) is 14.8. The molecule has 0 aromatic heterocycles. The molecule has 1 fully saturated rings. The highest BCUT2D eigenvalue weighted by atomic mass is 16.1. The van der Waals surface area contributed by atoms with Crippen LogP contribution < -0.4 is 16.4 Å². The quantitative estimate of drug-likeness (QED) is 0.442. The second-order valence-corrected chi connectivity index (χ2v) is 5.18. The predicted octanol–water partition coefficient (Wildman–Crippen LogP) is 0.291. The monoisotopic (exact) mass is 283 g/mol. The van der Waals surface area contributed by atoms with Crippen LogP contribution in [0.2, 0.25) is 0 Å². The van der Waals surface area contributed by atoms with Crippen LogP contribution in [0.25, 0.3) is 0 Å². The van der Waals surface area contributed by atoms with Gasteiger partial charge in [0.2, 0.25) is 5.91 Å². The molecule has 1 atom stereocenters. The Kier molecular flexibility index (Phi) is 8.02. The first-order valence-corrected chi connectivity index (χ1v) is 7.71. The number of rotatable bonds is 8. The molecule has 6 heteroatoms. The van der Waals surface area contributed by atoms with Gasteiger partial charge in [0.15, 0.2) is 5.96 Å². The molecule has 1 aliphatic heterocycles. The van der Waals surface area contributed by atoms with Gasteiger partial charge >= 0.3 is 0 Å². The molecule has 0 aromatic rings. The van der Waals surface area contributed by atoms with Gasteiger partial charge in [-0.2, -0.15) is 0 Å². The second-order valence-electron chi connectivity index (χ2n) is 5.18. The summed E-state index contributed by atoms with van der Waals surface area (Å²) in [4.78, 5) is 18.2. The van der Waals surface area contributed by atoms with Gasteiger partial charge in [-0.3, -0.25) is 14.7 Å². The van der Waals surface area contributed by atoms with E-state index in [4.69, 9.17) is 5.73 Å². The lowest BCUT2D eigenvalue weighted by molar-refractivity contribution is -0.120. The number of hydrogen-bond acceptors (Lipinski definition) is 3. The normalized spacial score (nSPS) is 20.1. The molecule has 0 radical (unpaired) electrons. The van der Waals surface area contributed by atoms with Crippen molar-refractivity contribution in [1.29, 1.82) is 0 Å². The lowest BCUT2D eigenvalue weighted by Crippen LogP contribution is -2.37. The van der Waals surface area contributed by atoms with Gasteiger partial charge in [0.05, 0.1) is 6.54 Å². The molecule has 20 heavy (non-hydrogen) atoms. The number of nitrogens with two attached hydrogens (primary N) is 1. The lowest BCUT2D eigenvalue weighted by Gasteiger charge is -2.20. The lowest BCUT2D eigenvalue weighted by atomic mass is 10.2. The SMILES string of the molecule is CCCNC(=O)CCNC(N)=NCC1CCCN1CC. The predicted molar refractivity (Wildman–Crippen MR) is 82.7 cm³/mol. The molecule has 1 rings (SSSR count). The van der Waals surface area contributed by atoms with Crippen molar-refractivity contribution in [3.63, 3.8) is 0 Å². The van der Waals surface area contributed by atoms with Crippen LogP contribution in [0, 0.1) is 0 Å². The molecule has 6 nitrogen and oxygen atoms in total. The molecule has 1 saturated heterocycles. The van der Waals surface area contributed by atoms with E-state index in [2.05, 4.69) is 27.4 Å². The first-order chi connectivity index (χ1) is 9.67. The van der Waals surface area contributed by atoms with Crippen LogP contribution in [0.5, 0.6) is 0 Å². The number of likely N-dealkylation sites (tertiary alicyclic amines) is 1. The number of carbonyl (C=O) groups excluding carboxylic acids is 1. The van der Waals surface area contributed by atoms with Gasteiger partial charge in [0, 0.05) is 25.6 Å². The summed E-state index contributed by atoms with van der Waals surface area (Å²) < 4.78 is 0. The van der Waals surface area contributed by atoms with E-state index < -0.39 is 0 Å². The van der Waals surface area contributed by atoms with Gasteiger partial charge in [-0.1, -0.05) is 13.8 Å². The molecule has 0 saturated carbocycles. The van der Waals surface area contributed by atoms with Crippen molar-refractivity contribution >= 4 is 11.9 Å². The van der Waals surface area contributed by atoms with Gasteiger partial charge in [0.25, 0.3) is 0 Å². The van der Waals surface area contributed by atoms with E-state index in [1.165, 1.54) is 19.4 Å². The maximum Gasteiger partial charge on any atom is 0.221 e. The summed E-state index contributed by atoms with van der Waals surface area (Å²) >= 11 is 0. The van der Waals surface area contributed by atoms with Crippen molar-refractivity contribution in [3.05, 3.63) is 0 Å². The molecular weight excluding hydrogens is 254 g/mol. The van der Waals surface area contributed by atoms with Crippen LogP contribution in [-0.4, -0.2) is 55.5 Å². The standard InChI is InChI=1S/C14H29N5O/c1-3-8-16-13(20)7-9-17-14(15)18-11-12-6-5-10-19(12)4-2/h12H,3-11H2,1-2H3,(H,16,20)(H3,15,17,18). The number of carbonyl (C=O) groups is 1. The molecule has 0 aliphatic carbocycles. The topological polar surface area (TPSA) is 82.8 Å². The zero-order valence-electron chi connectivity index (χ0n) is 12.8. The highest BCUT2D eigenvalue weighted by molar-refractivity contribution is 5.79. The van der Waals surface area contributed by atoms with Crippen molar-refractivity contribution < 1.29 is 4.79 Å². The molecule has 0 aromatic carbocycles. The summed E-state index contributed by atoms with van der Waals surface area (Å²) in [5.74, 6) is 0.497. The summed E-state index contributed by atoms with van der Waals surface area (Å²) in [6.07, 6.45) is 3.84. The summed E-state index contributed by atoms with van der Waals surface area (Å²) in [5, 5.41) is 5.83. The fraction of sp³-hybridized carbons (Fsp3) is 0.857. The first-order valence-electron chi connectivity index (χ1n) is 7.71. The van der Waals surface area contributed by atoms with Gasteiger partial charge in [-0.25, -0.2) is 0 Å². The van der Waals surface area contributed by atoms with E-state index in [0.717, 1.165) is 26.1 Å². The number of hydrogen-bond donors (Lipinski definition) is 3. The number of guanidine groups is 1. The minimum absolute atomic E-state index is 0.0556. The van der Waals surface area contributed by atoms with Gasteiger partial charge in [0.1, 0.15) is 0 Å². The fourth-order valence-corrected chi connectivity index (χ4v) is 2.43. The Balaban J connectivity index is 2.16. The van der Waals surface area contributed by atoms with Crippen LogP contribution in [0.15, 0.2) is 4.99 Å². The van der Waals surface area contributed by atoms with Crippen molar-refractivity contribution in [3.8, 4) is 0 Å². The van der Waals surface area contributed by atoms with Crippen LogP contribution >= 0.6 is 0 Å². The maximum absolute atomic E-state index is 11.4. The van der Waals surface area contributed by atoms with Crippen molar-refractivity contribution in [2.24, 2.45) is 10.7 Å². The summed E-state index contributed by atoms with van der Waals surface area (Å²) in [6.45, 7) is 8.47. The van der Waals surface area contributed by atoms with Gasteiger partial charge in [-0.15, -0.1) is 0 Å². The molecule has 4 N–H and O–H groups in total. The first kappa shape index (κ1) is 16.8. The summed E-state index contributed by atoms with van der Waals surface area (Å²) in [6, 6.07) is 0.521. The highest BCUT2D eigenvalue weighted by Gasteiger charge is 2.22. The zero-order valence-corrected chi connectivity index (χ0v) is 12.8.